The van der Waals surface area contributed by atoms with Crippen molar-refractivity contribution in [2.24, 2.45) is 0 Å². The molecule has 0 aliphatic carbocycles. The lowest BCUT2D eigenvalue weighted by atomic mass is 10.6. The van der Waals surface area contributed by atoms with Gasteiger partial charge in [0.25, 0.3) is 0 Å². The average Bonchev–Trinajstić information content (AvgIpc) is 2.02. The fourth-order valence-corrected chi connectivity index (χ4v) is 1.29. The van der Waals surface area contributed by atoms with E-state index in [1.54, 1.807) is 0 Å². The van der Waals surface area contributed by atoms with Gasteiger partial charge in [-0.25, -0.2) is 0 Å². The molecule has 1 heterocycles. The fraction of sp³-hybridized carbons (Fsp3) is 0.500. The van der Waals surface area contributed by atoms with Crippen LogP contribution in [0.5, 0.6) is 0 Å². The predicted molar refractivity (Wildman–Crippen MR) is 66.9 cm³/mol. The van der Waals surface area contributed by atoms with Crippen molar-refractivity contribution in [2.75, 3.05) is 17.6 Å². The Hall–Kier alpha value is 0.0500. The molecule has 0 radical (unpaired) electrons. The number of anilines is 2. The van der Waals surface area contributed by atoms with Crippen LogP contribution < -0.4 is 11.1 Å². The Bertz CT molecular complexity index is 324. The molecule has 1 aromatic heterocycles. The monoisotopic (exact) mass is 387 g/mol. The van der Waals surface area contributed by atoms with E-state index in [1.165, 1.54) is 0 Å². The third-order valence-electron chi connectivity index (χ3n) is 1.24. The van der Waals surface area contributed by atoms with E-state index >= 15 is 0 Å². The Labute approximate surface area is 107 Å². The smallest absolute Gasteiger partial charge is 0.227 e. The summed E-state index contributed by atoms with van der Waals surface area (Å²) in [5, 5.41) is 2.96. The number of aromatic nitrogens is 3. The van der Waals surface area contributed by atoms with Crippen LogP contribution in [0, 0.1) is 0 Å². The van der Waals surface area contributed by atoms with Crippen LogP contribution in [0.25, 0.3) is 0 Å². The highest BCUT2D eigenvalue weighted by Crippen LogP contribution is 2.42. The van der Waals surface area contributed by atoms with Gasteiger partial charge in [0.1, 0.15) is 0 Å². The topological polar surface area (TPSA) is 76.7 Å². The second kappa shape index (κ2) is 4.71. The second-order valence-electron chi connectivity index (χ2n) is 2.37. The molecule has 0 spiro atoms. The Morgan fingerprint density at radius 2 is 1.93 bits per heavy atom. The summed E-state index contributed by atoms with van der Waals surface area (Å²) in [6.07, 6.45) is 0. The first-order chi connectivity index (χ1) is 6.43. The van der Waals surface area contributed by atoms with Gasteiger partial charge < -0.3 is 11.1 Å². The number of nitrogen functional groups attached to an aromatic ring is 1. The molecule has 0 amide bonds. The number of nitrogens with zero attached hydrogens (tertiary/aromatic N) is 3. The van der Waals surface area contributed by atoms with Crippen molar-refractivity contribution in [3.8, 4) is 0 Å². The lowest BCUT2D eigenvalue weighted by Crippen LogP contribution is -2.13. The molecule has 1 aromatic rings. The van der Waals surface area contributed by atoms with E-state index in [2.05, 4.69) is 68.1 Å². The van der Waals surface area contributed by atoms with E-state index in [4.69, 9.17) is 5.73 Å². The van der Waals surface area contributed by atoms with Gasteiger partial charge in [-0.15, -0.1) is 0 Å². The first kappa shape index (κ1) is 12.1. The highest BCUT2D eigenvalue weighted by Gasteiger charge is 2.25. The van der Waals surface area contributed by atoms with Gasteiger partial charge in [-0.3, -0.25) is 0 Å². The molecule has 0 aliphatic heterocycles. The number of nitrogens with one attached hydrogen (secondary N) is 1. The van der Waals surface area contributed by atoms with E-state index in [-0.39, 0.29) is 5.95 Å². The molecule has 0 saturated carbocycles. The summed E-state index contributed by atoms with van der Waals surface area (Å²) in [4.78, 5) is 12.0. The summed E-state index contributed by atoms with van der Waals surface area (Å²) in [7, 11) is 0. The maximum absolute atomic E-state index is 5.52. The Morgan fingerprint density at radius 3 is 2.43 bits per heavy atom. The minimum atomic E-state index is -0.672. The van der Waals surface area contributed by atoms with Gasteiger partial charge in [0.2, 0.25) is 11.9 Å². The number of halogens is 3. The van der Waals surface area contributed by atoms with E-state index in [1.807, 2.05) is 6.92 Å². The number of hydrogen-bond acceptors (Lipinski definition) is 5. The lowest BCUT2D eigenvalue weighted by Gasteiger charge is -2.11. The molecule has 0 aliphatic rings. The van der Waals surface area contributed by atoms with Gasteiger partial charge >= 0.3 is 0 Å². The van der Waals surface area contributed by atoms with Crippen LogP contribution in [0.3, 0.4) is 0 Å². The largest absolute Gasteiger partial charge is 0.368 e. The van der Waals surface area contributed by atoms with Crippen LogP contribution in [-0.2, 0) is 2.14 Å². The molecule has 0 saturated heterocycles. The molecule has 5 nitrogen and oxygen atoms in total. The van der Waals surface area contributed by atoms with E-state index in [9.17, 15) is 0 Å². The van der Waals surface area contributed by atoms with Crippen molar-refractivity contribution in [1.82, 2.24) is 15.0 Å². The van der Waals surface area contributed by atoms with Crippen molar-refractivity contribution in [1.29, 1.82) is 0 Å². The SMILES string of the molecule is CCNc1nc(N)nc(C(Br)(Br)Br)n1. The van der Waals surface area contributed by atoms with Gasteiger partial charge in [0.15, 0.2) is 7.97 Å². The van der Waals surface area contributed by atoms with Crippen molar-refractivity contribution in [3.05, 3.63) is 5.82 Å². The van der Waals surface area contributed by atoms with E-state index < -0.39 is 2.14 Å². The van der Waals surface area contributed by atoms with Gasteiger partial charge in [-0.05, 0) is 6.92 Å². The van der Waals surface area contributed by atoms with Crippen LogP contribution >= 0.6 is 47.8 Å². The van der Waals surface area contributed by atoms with Gasteiger partial charge in [-0.2, -0.15) is 15.0 Å². The summed E-state index contributed by atoms with van der Waals surface area (Å²) in [6.45, 7) is 2.67. The van der Waals surface area contributed by atoms with Crippen LogP contribution in [0.15, 0.2) is 0 Å². The first-order valence-electron chi connectivity index (χ1n) is 3.76. The van der Waals surface area contributed by atoms with Crippen LogP contribution in [-0.4, -0.2) is 21.5 Å². The molecule has 0 unspecified atom stereocenters. The molecule has 0 bridgehead atoms. The molecule has 1 rings (SSSR count). The van der Waals surface area contributed by atoms with Crippen molar-refractivity contribution < 1.29 is 0 Å². The van der Waals surface area contributed by atoms with E-state index in [0.29, 0.717) is 11.8 Å². The standard InChI is InChI=1S/C6H8Br3N5/c1-2-11-5-13-3(6(7,8)9)12-4(10)14-5/h2H2,1H3,(H3,10,11,12,13,14). The molecular formula is C6H8Br3N5. The summed E-state index contributed by atoms with van der Waals surface area (Å²) < 4.78 is -0.672. The Balaban J connectivity index is 3.07. The maximum atomic E-state index is 5.52. The number of nitrogens with two attached hydrogens (primary N) is 1. The molecule has 0 aromatic carbocycles. The molecule has 3 N–H and O–H groups in total. The summed E-state index contributed by atoms with van der Waals surface area (Å²) in [6, 6.07) is 0. The Kier molecular flexibility index (Phi) is 4.08. The summed E-state index contributed by atoms with van der Waals surface area (Å²) in [5.41, 5.74) is 5.52. The third kappa shape index (κ3) is 3.32. The van der Waals surface area contributed by atoms with Crippen LogP contribution in [0.2, 0.25) is 0 Å². The van der Waals surface area contributed by atoms with Crippen LogP contribution in [0.1, 0.15) is 12.7 Å². The zero-order valence-electron chi connectivity index (χ0n) is 7.26. The first-order valence-corrected chi connectivity index (χ1v) is 6.14. The fourth-order valence-electron chi connectivity index (χ4n) is 0.756. The molecule has 8 heteroatoms. The van der Waals surface area contributed by atoms with Gasteiger partial charge in [-0.1, -0.05) is 47.8 Å². The zero-order valence-corrected chi connectivity index (χ0v) is 12.0. The normalized spacial score (nSPS) is 11.4. The minimum Gasteiger partial charge on any atom is -0.368 e. The zero-order chi connectivity index (χ0) is 10.8. The molecule has 78 valence electrons. The number of hydrogen-bond donors (Lipinski definition) is 2. The van der Waals surface area contributed by atoms with Gasteiger partial charge in [0.05, 0.1) is 0 Å². The maximum Gasteiger partial charge on any atom is 0.227 e. The summed E-state index contributed by atoms with van der Waals surface area (Å²) >= 11 is 9.91. The third-order valence-corrected chi connectivity index (χ3v) is 2.31. The van der Waals surface area contributed by atoms with Gasteiger partial charge in [0, 0.05) is 6.54 Å². The highest BCUT2D eigenvalue weighted by atomic mass is 80.0. The molecule has 0 atom stereocenters. The number of alkyl halides is 3. The van der Waals surface area contributed by atoms with Crippen molar-refractivity contribution >= 4 is 59.7 Å². The lowest BCUT2D eigenvalue weighted by molar-refractivity contribution is 0.952. The summed E-state index contributed by atoms with van der Waals surface area (Å²) in [5.74, 6) is 1.09. The average molecular weight is 390 g/mol. The minimum absolute atomic E-state index is 0.175. The van der Waals surface area contributed by atoms with Crippen molar-refractivity contribution in [3.63, 3.8) is 0 Å². The number of rotatable bonds is 2. The van der Waals surface area contributed by atoms with Crippen molar-refractivity contribution in [2.45, 2.75) is 9.07 Å². The second-order valence-corrected chi connectivity index (χ2v) is 9.13. The molecule has 0 fully saturated rings. The predicted octanol–water partition coefficient (Wildman–Crippen LogP) is 2.18. The Morgan fingerprint density at radius 1 is 1.29 bits per heavy atom. The van der Waals surface area contributed by atoms with Crippen LogP contribution in [0.4, 0.5) is 11.9 Å². The van der Waals surface area contributed by atoms with E-state index in [0.717, 1.165) is 6.54 Å². The molecular weight excluding hydrogens is 382 g/mol. The quantitative estimate of drug-likeness (QED) is 0.758. The highest BCUT2D eigenvalue weighted by molar-refractivity contribution is 9.38. The molecule has 14 heavy (non-hydrogen) atoms.